The molecule has 5 rings (SSSR count). The molecule has 0 radical (unpaired) electrons. The first kappa shape index (κ1) is 37.8. The van der Waals surface area contributed by atoms with Crippen LogP contribution in [0.25, 0.3) is 22.6 Å². The molecule has 1 saturated heterocycles. The summed E-state index contributed by atoms with van der Waals surface area (Å²) in [6, 6.07) is 15.0. The largest absolute Gasteiger partial charge is 0.469 e. The van der Waals surface area contributed by atoms with Gasteiger partial charge in [-0.05, 0) is 80.8 Å². The van der Waals surface area contributed by atoms with Gasteiger partial charge in [0.05, 0.1) is 13.0 Å². The molecule has 0 spiro atoms. The van der Waals surface area contributed by atoms with Crippen LogP contribution >= 0.6 is 15.9 Å². The average Bonchev–Trinajstić information content (AvgIpc) is 3.79. The molecule has 3 heterocycles. The van der Waals surface area contributed by atoms with E-state index in [1.54, 1.807) is 36.4 Å². The van der Waals surface area contributed by atoms with E-state index in [1.807, 2.05) is 0 Å². The normalized spacial score (nSPS) is 13.0. The van der Waals surface area contributed by atoms with E-state index in [2.05, 4.69) is 31.1 Å². The fraction of sp³-hybridized carbons (Fsp3) is 0.432. The van der Waals surface area contributed by atoms with Gasteiger partial charge in [0.2, 0.25) is 0 Å². The molecule has 2 aromatic carbocycles. The van der Waals surface area contributed by atoms with Crippen molar-refractivity contribution in [2.75, 3.05) is 32.1 Å². The maximum Gasteiger partial charge on any atom is 0.311 e. The number of carbonyl (C=O) groups is 3. The van der Waals surface area contributed by atoms with Crippen molar-refractivity contribution in [1.29, 1.82) is 0 Å². The number of hydrogen-bond acceptors (Lipinski definition) is 9. The summed E-state index contributed by atoms with van der Waals surface area (Å²) in [5.41, 5.74) is 2.05. The van der Waals surface area contributed by atoms with Crippen molar-refractivity contribution in [1.82, 2.24) is 15.2 Å². The highest BCUT2D eigenvalue weighted by atomic mass is 79.9. The topological polar surface area (TPSA) is 116 Å². The first-order valence-electron chi connectivity index (χ1n) is 16.6. The number of ketones is 2. The van der Waals surface area contributed by atoms with E-state index < -0.39 is 0 Å². The predicted molar refractivity (Wildman–Crippen MR) is 184 cm³/mol. The number of esters is 1. The second kappa shape index (κ2) is 19.8. The second-order valence-electron chi connectivity index (χ2n) is 12.0. The monoisotopic (exact) mass is 741 g/mol. The summed E-state index contributed by atoms with van der Waals surface area (Å²) in [6.07, 6.45) is 8.97. The van der Waals surface area contributed by atoms with Gasteiger partial charge in [0, 0.05) is 54.5 Å². The number of benzene rings is 2. The van der Waals surface area contributed by atoms with Gasteiger partial charge in [-0.15, -0.1) is 0 Å². The summed E-state index contributed by atoms with van der Waals surface area (Å²) in [4.78, 5) is 37.8. The van der Waals surface area contributed by atoms with Gasteiger partial charge in [0.1, 0.15) is 23.0 Å². The molecular weight excluding hydrogens is 700 g/mol. The Bertz CT molecular complexity index is 1620. The van der Waals surface area contributed by atoms with Crippen LogP contribution in [0.2, 0.25) is 0 Å². The summed E-state index contributed by atoms with van der Waals surface area (Å²) in [5.74, 6) is 0.178. The molecule has 0 aliphatic carbocycles. The van der Waals surface area contributed by atoms with E-state index in [0.29, 0.717) is 46.9 Å². The minimum atomic E-state index is -0.322. The molecule has 2 aromatic heterocycles. The Balaban J connectivity index is 0.000000230. The van der Waals surface area contributed by atoms with Crippen molar-refractivity contribution in [3.8, 4) is 22.6 Å². The first-order chi connectivity index (χ1) is 23.8. The van der Waals surface area contributed by atoms with E-state index in [1.165, 1.54) is 31.4 Å². The molecule has 1 fully saturated rings. The molecule has 262 valence electrons. The Morgan fingerprint density at radius 3 is 1.63 bits per heavy atom. The quantitative estimate of drug-likeness (QED) is 0.0427. The number of methoxy groups -OCH3 is 1. The second-order valence-corrected chi connectivity index (χ2v) is 12.8. The SMILES string of the molecule is COC(=O)C1CN(CCCCCCC(=O)c2cc(-c3ccc(F)cc3)on2)C1.O=C(CCCCCCBr)c1cc(-c2ccc(F)cc2)on1. The maximum absolute atomic E-state index is 13.0. The number of carbonyl (C=O) groups excluding carboxylic acids is 3. The van der Waals surface area contributed by atoms with Crippen LogP contribution < -0.4 is 0 Å². The number of rotatable bonds is 18. The van der Waals surface area contributed by atoms with Gasteiger partial charge in [0.25, 0.3) is 0 Å². The Hall–Kier alpha value is -4.03. The summed E-state index contributed by atoms with van der Waals surface area (Å²) in [5, 5.41) is 8.65. The number of likely N-dealkylation sites (tertiary alicyclic amines) is 1. The van der Waals surface area contributed by atoms with Crippen LogP contribution in [0, 0.1) is 17.6 Å². The predicted octanol–water partition coefficient (Wildman–Crippen LogP) is 8.73. The molecule has 0 saturated carbocycles. The Kier molecular flexibility index (Phi) is 15.3. The number of nitrogens with zero attached hydrogens (tertiary/aromatic N) is 3. The highest BCUT2D eigenvalue weighted by Crippen LogP contribution is 2.23. The van der Waals surface area contributed by atoms with Crippen molar-refractivity contribution in [3.05, 3.63) is 83.7 Å². The van der Waals surface area contributed by atoms with Gasteiger partial charge in [-0.2, -0.15) is 0 Å². The lowest BCUT2D eigenvalue weighted by Gasteiger charge is -2.37. The average molecular weight is 743 g/mol. The number of unbranched alkanes of at least 4 members (excludes halogenated alkanes) is 6. The molecular formula is C37H42BrF2N3O6. The van der Waals surface area contributed by atoms with Crippen molar-refractivity contribution in [3.63, 3.8) is 0 Å². The van der Waals surface area contributed by atoms with Crippen molar-refractivity contribution >= 4 is 33.5 Å². The van der Waals surface area contributed by atoms with Gasteiger partial charge in [-0.25, -0.2) is 8.78 Å². The fourth-order valence-corrected chi connectivity index (χ4v) is 5.74. The molecule has 49 heavy (non-hydrogen) atoms. The number of alkyl halides is 1. The van der Waals surface area contributed by atoms with Crippen LogP contribution in [0.4, 0.5) is 8.78 Å². The number of hydrogen-bond donors (Lipinski definition) is 0. The third-order valence-corrected chi connectivity index (χ3v) is 8.82. The smallest absolute Gasteiger partial charge is 0.311 e. The van der Waals surface area contributed by atoms with Crippen LogP contribution in [-0.2, 0) is 9.53 Å². The Morgan fingerprint density at radius 1 is 0.735 bits per heavy atom. The van der Waals surface area contributed by atoms with Crippen LogP contribution in [0.1, 0.15) is 85.2 Å². The molecule has 1 aliphatic heterocycles. The lowest BCUT2D eigenvalue weighted by atomic mass is 9.99. The Morgan fingerprint density at radius 2 is 1.18 bits per heavy atom. The fourth-order valence-electron chi connectivity index (χ4n) is 5.35. The molecule has 12 heteroatoms. The molecule has 0 atom stereocenters. The van der Waals surface area contributed by atoms with E-state index in [-0.39, 0.29) is 35.1 Å². The summed E-state index contributed by atoms with van der Waals surface area (Å²) < 4.78 is 40.9. The van der Waals surface area contributed by atoms with E-state index in [4.69, 9.17) is 13.8 Å². The molecule has 4 aromatic rings. The van der Waals surface area contributed by atoms with Crippen molar-refractivity contribution in [2.24, 2.45) is 5.92 Å². The summed E-state index contributed by atoms with van der Waals surface area (Å²) in [7, 11) is 1.43. The van der Waals surface area contributed by atoms with Crippen LogP contribution in [0.3, 0.4) is 0 Å². The zero-order chi connectivity index (χ0) is 35.0. The van der Waals surface area contributed by atoms with E-state index >= 15 is 0 Å². The molecule has 0 bridgehead atoms. The molecule has 9 nitrogen and oxygen atoms in total. The highest BCUT2D eigenvalue weighted by Gasteiger charge is 2.32. The number of Topliss-reactive ketones (excluding diaryl/α,β-unsaturated/α-hetero) is 2. The zero-order valence-electron chi connectivity index (χ0n) is 27.7. The van der Waals surface area contributed by atoms with Gasteiger partial charge < -0.3 is 18.7 Å². The zero-order valence-corrected chi connectivity index (χ0v) is 29.3. The molecule has 0 N–H and O–H groups in total. The van der Waals surface area contributed by atoms with Gasteiger partial charge in [0.15, 0.2) is 23.1 Å². The number of aromatic nitrogens is 2. The molecule has 0 unspecified atom stereocenters. The lowest BCUT2D eigenvalue weighted by Crippen LogP contribution is -2.50. The van der Waals surface area contributed by atoms with E-state index in [9.17, 15) is 23.2 Å². The first-order valence-corrected chi connectivity index (χ1v) is 17.8. The van der Waals surface area contributed by atoms with Gasteiger partial charge in [-0.1, -0.05) is 51.9 Å². The number of halogens is 3. The molecule has 1 aliphatic rings. The highest BCUT2D eigenvalue weighted by molar-refractivity contribution is 9.09. The number of ether oxygens (including phenoxy) is 1. The van der Waals surface area contributed by atoms with Crippen LogP contribution in [0.5, 0.6) is 0 Å². The third-order valence-electron chi connectivity index (χ3n) is 8.26. The maximum atomic E-state index is 13.0. The van der Waals surface area contributed by atoms with Crippen molar-refractivity contribution < 1.29 is 36.9 Å². The van der Waals surface area contributed by atoms with Crippen LogP contribution in [-0.4, -0.2) is 64.8 Å². The third kappa shape index (κ3) is 12.1. The van der Waals surface area contributed by atoms with Crippen LogP contribution in [0.15, 0.2) is 69.7 Å². The minimum absolute atomic E-state index is 0.00838. The van der Waals surface area contributed by atoms with E-state index in [0.717, 1.165) is 76.3 Å². The summed E-state index contributed by atoms with van der Waals surface area (Å²) >= 11 is 3.38. The minimum Gasteiger partial charge on any atom is -0.469 e. The van der Waals surface area contributed by atoms with Gasteiger partial charge >= 0.3 is 5.97 Å². The van der Waals surface area contributed by atoms with Crippen molar-refractivity contribution in [2.45, 2.75) is 64.2 Å². The summed E-state index contributed by atoms with van der Waals surface area (Å²) in [6.45, 7) is 2.55. The standard InChI is InChI=1S/C21H25FN2O4.C16H17BrFNO2/c1-27-21(26)16-13-24(14-16)11-5-3-2-4-6-19(25)18-12-20(28-23-18)15-7-9-17(22)10-8-15;17-10-4-2-1-3-5-15(20)14-11-16(21-19-14)12-6-8-13(18)9-7-12/h7-10,12,16H,2-6,11,13-14H2,1H3;6-9,11H,1-5,10H2. The molecule has 0 amide bonds. The lowest BCUT2D eigenvalue weighted by molar-refractivity contribution is -0.151. The Labute approximate surface area is 293 Å². The van der Waals surface area contributed by atoms with Gasteiger partial charge in [-0.3, -0.25) is 14.4 Å².